The molecule has 0 aromatic heterocycles. The first-order valence-corrected chi connectivity index (χ1v) is 20.8. The number of ether oxygens (including phenoxy) is 2. The van der Waals surface area contributed by atoms with E-state index < -0.39 is 12.2 Å². The minimum atomic E-state index is -0.734. The van der Waals surface area contributed by atoms with Gasteiger partial charge in [-0.2, -0.15) is 0 Å². The predicted molar refractivity (Wildman–Crippen MR) is 240 cm³/mol. The average molecular weight is 794 g/mol. The molecule has 0 heterocycles. The van der Waals surface area contributed by atoms with Gasteiger partial charge in [-0.15, -0.1) is 0 Å². The molecule has 2 aliphatic carbocycles. The maximum absolute atomic E-state index is 13.1. The third kappa shape index (κ3) is 16.7. The third-order valence-electron chi connectivity index (χ3n) is 10.5. The van der Waals surface area contributed by atoms with Crippen LogP contribution >= 0.6 is 0 Å². The number of rotatable bonds is 19. The summed E-state index contributed by atoms with van der Waals surface area (Å²) in [4.78, 5) is 52.8. The number of Topliss-reactive ketones (excluding diaryl/α,β-unsaturated/α-hetero) is 2. The number of unbranched alkanes of at least 4 members (excludes halogenated alkanes) is 1. The van der Waals surface area contributed by atoms with Crippen LogP contribution in [0, 0.1) is 10.8 Å². The van der Waals surface area contributed by atoms with Crippen LogP contribution in [0.5, 0.6) is 0 Å². The Bertz CT molecular complexity index is 1840. The zero-order valence-electron chi connectivity index (χ0n) is 37.8. The van der Waals surface area contributed by atoms with Crippen LogP contribution in [0.4, 0.5) is 0 Å². The molecule has 7 nitrogen and oxygen atoms in total. The van der Waals surface area contributed by atoms with Crippen LogP contribution in [0.15, 0.2) is 130 Å². The van der Waals surface area contributed by atoms with Crippen molar-refractivity contribution < 1.29 is 28.7 Å². The smallest absolute Gasteiger partial charge is 0.306 e. The highest BCUT2D eigenvalue weighted by atomic mass is 16.6. The van der Waals surface area contributed by atoms with E-state index in [2.05, 4.69) is 65.8 Å². The lowest BCUT2D eigenvalue weighted by molar-refractivity contribution is -0.156. The van der Waals surface area contributed by atoms with Crippen molar-refractivity contribution in [1.29, 1.82) is 0 Å². The zero-order valence-corrected chi connectivity index (χ0v) is 37.8. The predicted octanol–water partition coefficient (Wildman–Crippen LogP) is 11.5. The van der Waals surface area contributed by atoms with E-state index in [0.717, 1.165) is 52.8 Å². The van der Waals surface area contributed by atoms with E-state index in [1.165, 1.54) is 0 Å². The van der Waals surface area contributed by atoms with Crippen molar-refractivity contribution in [2.45, 2.75) is 133 Å². The molecule has 0 fully saturated rings. The molecule has 0 N–H and O–H groups in total. The molecular weight excluding hydrogens is 723 g/mol. The lowest BCUT2D eigenvalue weighted by atomic mass is 9.71. The van der Waals surface area contributed by atoms with Gasteiger partial charge in [0.05, 0.1) is 0 Å². The second-order valence-corrected chi connectivity index (χ2v) is 17.4. The normalized spacial score (nSPS) is 21.3. The Morgan fingerprint density at radius 3 is 1.36 bits per heavy atom. The molecule has 2 aliphatic rings. The number of nitrogens with zero attached hydrogens (tertiary/aromatic N) is 1. The minimum Gasteiger partial charge on any atom is -0.454 e. The largest absolute Gasteiger partial charge is 0.454 e. The molecule has 0 radical (unpaired) electrons. The van der Waals surface area contributed by atoms with Crippen molar-refractivity contribution in [3.8, 4) is 0 Å². The van der Waals surface area contributed by atoms with Gasteiger partial charge in [-0.05, 0) is 108 Å². The Morgan fingerprint density at radius 1 is 0.621 bits per heavy atom. The fourth-order valence-corrected chi connectivity index (χ4v) is 7.05. The Labute approximate surface area is 350 Å². The van der Waals surface area contributed by atoms with Crippen LogP contribution in [0.3, 0.4) is 0 Å². The second-order valence-electron chi connectivity index (χ2n) is 17.4. The molecule has 0 saturated heterocycles. The van der Waals surface area contributed by atoms with Gasteiger partial charge in [0.25, 0.3) is 0 Å². The number of allylic oxidation sites excluding steroid dienone is 20. The molecule has 0 amide bonds. The number of carbonyl (C=O) groups is 4. The topological polar surface area (TPSA) is 90.0 Å². The third-order valence-corrected chi connectivity index (χ3v) is 10.5. The molecule has 2 atom stereocenters. The van der Waals surface area contributed by atoms with Crippen LogP contribution in [0.2, 0.25) is 0 Å². The molecule has 2 rings (SSSR count). The van der Waals surface area contributed by atoms with Crippen molar-refractivity contribution in [3.63, 3.8) is 0 Å². The van der Waals surface area contributed by atoms with E-state index in [0.29, 0.717) is 43.3 Å². The van der Waals surface area contributed by atoms with Gasteiger partial charge in [0.1, 0.15) is 0 Å². The lowest BCUT2D eigenvalue weighted by Gasteiger charge is -2.36. The zero-order chi connectivity index (χ0) is 43.6. The van der Waals surface area contributed by atoms with Crippen molar-refractivity contribution in [1.82, 2.24) is 4.90 Å². The first kappa shape index (κ1) is 49.5. The minimum absolute atomic E-state index is 0.104. The standard InChI is InChI=1S/C51H71NO6/c1-14-15-27-46(53)57-44-34-50(8,9)42(40(6)48(44)55)31-29-38(4)25-18-23-36(2)21-16-17-22-37(3)24-19-26-39(5)30-32-43-41(7)49(56)45(35-51(43,10)11)58-47(54)28-20-33-52(12)13/h16-19,21-26,29-32,44-45H,14-15,20,27-28,33-35H2,1-13H3/b17-16+,23-18+,24-19+,31-29+,32-30+,36-21+,37-22+,38-25+,39-26+. The highest BCUT2D eigenvalue weighted by Crippen LogP contribution is 2.42. The van der Waals surface area contributed by atoms with Gasteiger partial charge < -0.3 is 14.4 Å². The first-order valence-electron chi connectivity index (χ1n) is 20.8. The van der Waals surface area contributed by atoms with Gasteiger partial charge in [-0.3, -0.25) is 19.2 Å². The fraction of sp³-hybridized carbons (Fsp3) is 0.490. The van der Waals surface area contributed by atoms with E-state index in [1.807, 2.05) is 114 Å². The number of esters is 2. The van der Waals surface area contributed by atoms with E-state index in [4.69, 9.17) is 9.47 Å². The molecule has 0 aliphatic heterocycles. The van der Waals surface area contributed by atoms with Crippen LogP contribution < -0.4 is 0 Å². The first-order chi connectivity index (χ1) is 27.2. The van der Waals surface area contributed by atoms with Crippen molar-refractivity contribution >= 4 is 23.5 Å². The van der Waals surface area contributed by atoms with Crippen molar-refractivity contribution in [2.75, 3.05) is 20.6 Å². The monoisotopic (exact) mass is 794 g/mol. The van der Waals surface area contributed by atoms with E-state index in [-0.39, 0.29) is 34.3 Å². The number of hydrogen-bond acceptors (Lipinski definition) is 7. The van der Waals surface area contributed by atoms with E-state index in [9.17, 15) is 19.2 Å². The Kier molecular flexibility index (Phi) is 20.2. The van der Waals surface area contributed by atoms with Crippen LogP contribution in [-0.4, -0.2) is 61.3 Å². The average Bonchev–Trinajstić information content (AvgIpc) is 3.12. The van der Waals surface area contributed by atoms with E-state index in [1.54, 1.807) is 0 Å². The SMILES string of the molecule is CCCCC(=O)OC1CC(C)(C)C(/C=C/C(C)=C/C=C/C(C)=C/C=C/C=C(C)/C=C/C=C(C)/C=C/C2=C(C)C(=O)C(OC(=O)CCCN(C)C)CC2(C)C)=C(C)C1=O. The van der Waals surface area contributed by atoms with E-state index >= 15 is 0 Å². The number of ketones is 2. The van der Waals surface area contributed by atoms with Gasteiger partial charge in [0.15, 0.2) is 23.8 Å². The summed E-state index contributed by atoms with van der Waals surface area (Å²) in [6, 6.07) is 0. The molecule has 2 unspecified atom stereocenters. The summed E-state index contributed by atoms with van der Waals surface area (Å²) in [6.45, 7) is 23.0. The molecular formula is C51H71NO6. The maximum Gasteiger partial charge on any atom is 0.306 e. The van der Waals surface area contributed by atoms with Crippen LogP contribution in [-0.2, 0) is 28.7 Å². The lowest BCUT2D eigenvalue weighted by Crippen LogP contribution is -2.39. The van der Waals surface area contributed by atoms with Gasteiger partial charge in [0.2, 0.25) is 0 Å². The van der Waals surface area contributed by atoms with Gasteiger partial charge in [0, 0.05) is 25.7 Å². The maximum atomic E-state index is 13.1. The molecule has 0 saturated carbocycles. The van der Waals surface area contributed by atoms with Crippen molar-refractivity contribution in [2.24, 2.45) is 10.8 Å². The molecule has 58 heavy (non-hydrogen) atoms. The summed E-state index contributed by atoms with van der Waals surface area (Å²) in [5, 5.41) is 0. The Balaban J connectivity index is 1.96. The fourth-order valence-electron chi connectivity index (χ4n) is 7.05. The second kappa shape index (κ2) is 23.7. The van der Waals surface area contributed by atoms with Crippen molar-refractivity contribution in [3.05, 3.63) is 130 Å². The highest BCUT2D eigenvalue weighted by molar-refractivity contribution is 6.02. The summed E-state index contributed by atoms with van der Waals surface area (Å²) in [6.07, 6.45) is 31.0. The van der Waals surface area contributed by atoms with Gasteiger partial charge >= 0.3 is 11.9 Å². The van der Waals surface area contributed by atoms with Crippen LogP contribution in [0.25, 0.3) is 0 Å². The van der Waals surface area contributed by atoms with Gasteiger partial charge in [-0.25, -0.2) is 0 Å². The summed E-state index contributed by atoms with van der Waals surface area (Å²) >= 11 is 0. The number of carbonyl (C=O) groups excluding carboxylic acids is 4. The number of hydrogen-bond donors (Lipinski definition) is 0. The summed E-state index contributed by atoms with van der Waals surface area (Å²) in [5.74, 6) is -0.826. The summed E-state index contributed by atoms with van der Waals surface area (Å²) < 4.78 is 11.2. The molecule has 0 aromatic rings. The Morgan fingerprint density at radius 2 is 0.983 bits per heavy atom. The van der Waals surface area contributed by atoms with Gasteiger partial charge in [-0.1, -0.05) is 148 Å². The molecule has 0 aromatic carbocycles. The highest BCUT2D eigenvalue weighted by Gasteiger charge is 2.41. The molecule has 316 valence electrons. The molecule has 7 heteroatoms. The summed E-state index contributed by atoms with van der Waals surface area (Å²) in [7, 11) is 3.93. The molecule has 0 bridgehead atoms. The molecule has 0 spiro atoms. The Hall–Kier alpha value is -4.62. The van der Waals surface area contributed by atoms with Crippen LogP contribution in [0.1, 0.15) is 121 Å². The quantitative estimate of drug-likeness (QED) is 0.0950. The summed E-state index contributed by atoms with van der Waals surface area (Å²) in [5.41, 5.74) is 6.97.